The van der Waals surface area contributed by atoms with Gasteiger partial charge in [-0.2, -0.15) is 0 Å². The maximum atomic E-state index is 12.1. The van der Waals surface area contributed by atoms with E-state index in [1.165, 1.54) is 18.2 Å². The minimum Gasteiger partial charge on any atom is -0.355 e. The first-order chi connectivity index (χ1) is 11.8. The summed E-state index contributed by atoms with van der Waals surface area (Å²) in [6, 6.07) is 18.5. The topological polar surface area (TPSA) is 56.9 Å². The Morgan fingerprint density at radius 1 is 1.00 bits per heavy atom. The van der Waals surface area contributed by atoms with Crippen LogP contribution in [0.4, 0.5) is 10.5 Å². The highest BCUT2D eigenvalue weighted by Crippen LogP contribution is 2.26. The van der Waals surface area contributed by atoms with Crippen molar-refractivity contribution in [1.29, 1.82) is 0 Å². The van der Waals surface area contributed by atoms with Crippen LogP contribution in [0.5, 0.6) is 0 Å². The predicted molar refractivity (Wildman–Crippen MR) is 98.1 cm³/mol. The molecule has 1 fully saturated rings. The molecule has 0 atom stereocenters. The van der Waals surface area contributed by atoms with Crippen LogP contribution in [0.15, 0.2) is 54.6 Å². The van der Waals surface area contributed by atoms with E-state index in [0.717, 1.165) is 35.3 Å². The van der Waals surface area contributed by atoms with Gasteiger partial charge in [-0.15, -0.1) is 0 Å². The minimum absolute atomic E-state index is 0.115. The van der Waals surface area contributed by atoms with Crippen molar-refractivity contribution in [3.05, 3.63) is 54.6 Å². The third-order valence-electron chi connectivity index (χ3n) is 4.65. The number of para-hydroxylation sites is 1. The molecule has 1 heterocycles. The fourth-order valence-corrected chi connectivity index (χ4v) is 3.42. The Morgan fingerprint density at radius 3 is 2.67 bits per heavy atom. The van der Waals surface area contributed by atoms with Crippen LogP contribution >= 0.6 is 0 Å². The number of urea groups is 1. The maximum Gasteiger partial charge on any atom is 0.319 e. The summed E-state index contributed by atoms with van der Waals surface area (Å²) < 4.78 is 0. The standard InChI is InChI=1S/C20H21N3O/c24-20(21-16-8-2-3-9-16)22-17-10-5-7-14(12-17)19-13-15-6-1-4-11-18(15)23-19/h1,4-7,10-13,16,23H,2-3,8-9H2,(H2,21,22,24). The van der Waals surface area contributed by atoms with Crippen LogP contribution in [0.2, 0.25) is 0 Å². The van der Waals surface area contributed by atoms with Crippen molar-refractivity contribution < 1.29 is 4.79 Å². The van der Waals surface area contributed by atoms with Gasteiger partial charge >= 0.3 is 6.03 Å². The van der Waals surface area contributed by atoms with Gasteiger partial charge in [-0.05, 0) is 37.1 Å². The Bertz CT molecular complexity index is 829. The molecule has 1 aliphatic rings. The smallest absolute Gasteiger partial charge is 0.319 e. The van der Waals surface area contributed by atoms with Gasteiger partial charge in [0.05, 0.1) is 0 Å². The van der Waals surface area contributed by atoms with Crippen LogP contribution in [-0.2, 0) is 0 Å². The zero-order valence-electron chi connectivity index (χ0n) is 13.5. The number of benzene rings is 2. The van der Waals surface area contributed by atoms with Gasteiger partial charge < -0.3 is 15.6 Å². The summed E-state index contributed by atoms with van der Waals surface area (Å²) in [4.78, 5) is 15.5. The molecule has 0 spiro atoms. The Labute approximate surface area is 141 Å². The van der Waals surface area contributed by atoms with Crippen molar-refractivity contribution >= 4 is 22.6 Å². The Kier molecular flexibility index (Phi) is 3.95. The number of hydrogen-bond acceptors (Lipinski definition) is 1. The number of carbonyl (C=O) groups excluding carboxylic acids is 1. The predicted octanol–water partition coefficient (Wildman–Crippen LogP) is 4.90. The van der Waals surface area contributed by atoms with Crippen molar-refractivity contribution in [3.8, 4) is 11.3 Å². The second-order valence-electron chi connectivity index (χ2n) is 6.43. The average Bonchev–Trinajstić information content (AvgIpc) is 3.24. The first kappa shape index (κ1) is 14.8. The summed E-state index contributed by atoms with van der Waals surface area (Å²) in [6.45, 7) is 0. The molecule has 0 aliphatic heterocycles. The number of hydrogen-bond donors (Lipinski definition) is 3. The zero-order valence-corrected chi connectivity index (χ0v) is 13.5. The summed E-state index contributed by atoms with van der Waals surface area (Å²) in [6.07, 6.45) is 4.59. The molecule has 0 bridgehead atoms. The van der Waals surface area contributed by atoms with E-state index in [1.54, 1.807) is 0 Å². The molecule has 4 heteroatoms. The summed E-state index contributed by atoms with van der Waals surface area (Å²) in [7, 11) is 0. The van der Waals surface area contributed by atoms with Crippen LogP contribution in [0.25, 0.3) is 22.2 Å². The molecule has 3 aromatic rings. The highest BCUT2D eigenvalue weighted by Gasteiger charge is 2.17. The molecule has 3 N–H and O–H groups in total. The molecule has 4 rings (SSSR count). The van der Waals surface area contributed by atoms with Gasteiger partial charge in [-0.3, -0.25) is 0 Å². The summed E-state index contributed by atoms with van der Waals surface area (Å²) in [5.41, 5.74) is 4.03. The van der Waals surface area contributed by atoms with Crippen LogP contribution in [-0.4, -0.2) is 17.1 Å². The lowest BCUT2D eigenvalue weighted by Gasteiger charge is -2.13. The monoisotopic (exact) mass is 319 g/mol. The molecule has 1 saturated carbocycles. The van der Waals surface area contributed by atoms with E-state index in [0.29, 0.717) is 6.04 Å². The Balaban J connectivity index is 1.51. The van der Waals surface area contributed by atoms with Gasteiger partial charge in [-0.25, -0.2) is 4.79 Å². The van der Waals surface area contributed by atoms with Gasteiger partial charge in [0.15, 0.2) is 0 Å². The number of H-pyrrole nitrogens is 1. The van der Waals surface area contributed by atoms with E-state index in [1.807, 2.05) is 36.4 Å². The molecule has 0 saturated heterocycles. The number of aromatic nitrogens is 1. The number of aromatic amines is 1. The molecule has 2 amide bonds. The fraction of sp³-hybridized carbons (Fsp3) is 0.250. The van der Waals surface area contributed by atoms with Crippen molar-refractivity contribution in [1.82, 2.24) is 10.3 Å². The molecule has 0 unspecified atom stereocenters. The van der Waals surface area contributed by atoms with Crippen molar-refractivity contribution in [2.45, 2.75) is 31.7 Å². The lowest BCUT2D eigenvalue weighted by molar-refractivity contribution is 0.248. The van der Waals surface area contributed by atoms with E-state index in [4.69, 9.17) is 0 Å². The average molecular weight is 319 g/mol. The Morgan fingerprint density at radius 2 is 1.83 bits per heavy atom. The third kappa shape index (κ3) is 3.13. The fourth-order valence-electron chi connectivity index (χ4n) is 3.42. The SMILES string of the molecule is O=C(Nc1cccc(-c2cc3ccccc3[nH]2)c1)NC1CCCC1. The zero-order chi connectivity index (χ0) is 16.4. The van der Waals surface area contributed by atoms with Gasteiger partial charge in [-0.1, -0.05) is 43.2 Å². The molecular formula is C20H21N3O. The van der Waals surface area contributed by atoms with Crippen LogP contribution in [0, 0.1) is 0 Å². The lowest BCUT2D eigenvalue weighted by Crippen LogP contribution is -2.36. The van der Waals surface area contributed by atoms with Gasteiger partial charge in [0.1, 0.15) is 0 Å². The molecule has 1 aromatic heterocycles. The summed E-state index contributed by atoms with van der Waals surface area (Å²) in [5, 5.41) is 7.18. The second kappa shape index (κ2) is 6.40. The lowest BCUT2D eigenvalue weighted by atomic mass is 10.1. The van der Waals surface area contributed by atoms with Gasteiger partial charge in [0.25, 0.3) is 0 Å². The van der Waals surface area contributed by atoms with Gasteiger partial charge in [0.2, 0.25) is 0 Å². The van der Waals surface area contributed by atoms with Crippen LogP contribution < -0.4 is 10.6 Å². The van der Waals surface area contributed by atoms with Crippen LogP contribution in [0.1, 0.15) is 25.7 Å². The summed E-state index contributed by atoms with van der Waals surface area (Å²) in [5.74, 6) is 0. The molecule has 122 valence electrons. The number of carbonyl (C=O) groups is 1. The number of amides is 2. The van der Waals surface area contributed by atoms with Crippen molar-refractivity contribution in [2.24, 2.45) is 0 Å². The number of fused-ring (bicyclic) bond motifs is 1. The van der Waals surface area contributed by atoms with E-state index in [9.17, 15) is 4.79 Å². The molecule has 24 heavy (non-hydrogen) atoms. The number of rotatable bonds is 3. The minimum atomic E-state index is -0.115. The van der Waals surface area contributed by atoms with Crippen LogP contribution in [0.3, 0.4) is 0 Å². The first-order valence-corrected chi connectivity index (χ1v) is 8.54. The number of anilines is 1. The van der Waals surface area contributed by atoms with E-state index < -0.39 is 0 Å². The largest absolute Gasteiger partial charge is 0.355 e. The van der Waals surface area contributed by atoms with E-state index in [-0.39, 0.29) is 6.03 Å². The first-order valence-electron chi connectivity index (χ1n) is 8.54. The summed E-state index contributed by atoms with van der Waals surface area (Å²) >= 11 is 0. The van der Waals surface area contributed by atoms with E-state index in [2.05, 4.69) is 33.8 Å². The molecule has 1 aliphatic carbocycles. The maximum absolute atomic E-state index is 12.1. The highest BCUT2D eigenvalue weighted by molar-refractivity contribution is 5.91. The molecule has 4 nitrogen and oxygen atoms in total. The third-order valence-corrected chi connectivity index (χ3v) is 4.65. The molecular weight excluding hydrogens is 298 g/mol. The number of nitrogens with one attached hydrogen (secondary N) is 3. The Hall–Kier alpha value is -2.75. The van der Waals surface area contributed by atoms with Gasteiger partial charge in [0, 0.05) is 33.9 Å². The van der Waals surface area contributed by atoms with E-state index >= 15 is 0 Å². The van der Waals surface area contributed by atoms with Crippen molar-refractivity contribution in [3.63, 3.8) is 0 Å². The molecule has 2 aromatic carbocycles. The highest BCUT2D eigenvalue weighted by atomic mass is 16.2. The normalized spacial score (nSPS) is 14.8. The quantitative estimate of drug-likeness (QED) is 0.632. The second-order valence-corrected chi connectivity index (χ2v) is 6.43. The van der Waals surface area contributed by atoms with Crippen molar-refractivity contribution in [2.75, 3.05) is 5.32 Å². The molecule has 0 radical (unpaired) electrons.